The Labute approximate surface area is 141 Å². The first kappa shape index (κ1) is 15.1. The Morgan fingerprint density at radius 1 is 1.29 bits per heavy atom. The van der Waals surface area contributed by atoms with E-state index in [-0.39, 0.29) is 0 Å². The molecule has 4 rings (SSSR count). The van der Waals surface area contributed by atoms with Crippen molar-refractivity contribution in [2.45, 2.75) is 39.9 Å². The van der Waals surface area contributed by atoms with E-state index < -0.39 is 0 Å². The Bertz CT molecular complexity index is 837. The van der Waals surface area contributed by atoms with Crippen LogP contribution in [0.3, 0.4) is 0 Å². The van der Waals surface area contributed by atoms with Crippen LogP contribution in [0.4, 0.5) is 0 Å². The van der Waals surface area contributed by atoms with Crippen LogP contribution in [0.25, 0.3) is 11.6 Å². The maximum atomic E-state index is 5.39. The standard InChI is InChI=1S/C18H21N5O/c1-3-23-13(2)14(10-20-23)11-22-7-6-16-15(12-22)9-19-18(21-16)17-5-4-8-24-17/h4-5,8-10H,3,6-7,11-12H2,1-2H3. The van der Waals surface area contributed by atoms with Crippen LogP contribution in [-0.4, -0.2) is 31.2 Å². The van der Waals surface area contributed by atoms with Gasteiger partial charge in [-0.15, -0.1) is 0 Å². The number of aromatic nitrogens is 4. The van der Waals surface area contributed by atoms with Crippen molar-refractivity contribution < 1.29 is 4.42 Å². The second-order valence-corrected chi connectivity index (χ2v) is 6.17. The summed E-state index contributed by atoms with van der Waals surface area (Å²) in [5.41, 5.74) is 4.90. The van der Waals surface area contributed by atoms with Crippen molar-refractivity contribution in [3.8, 4) is 11.6 Å². The molecule has 0 saturated heterocycles. The summed E-state index contributed by atoms with van der Waals surface area (Å²) in [6.07, 6.45) is 6.52. The summed E-state index contributed by atoms with van der Waals surface area (Å²) in [6.45, 7) is 7.98. The number of rotatable bonds is 4. The summed E-state index contributed by atoms with van der Waals surface area (Å²) in [5, 5.41) is 4.44. The second-order valence-electron chi connectivity index (χ2n) is 6.17. The SMILES string of the molecule is CCn1ncc(CN2CCc3nc(-c4ccco4)ncc3C2)c1C. The van der Waals surface area contributed by atoms with Crippen molar-refractivity contribution in [1.82, 2.24) is 24.6 Å². The average molecular weight is 323 g/mol. The fourth-order valence-electron chi connectivity index (χ4n) is 3.23. The highest BCUT2D eigenvalue weighted by Gasteiger charge is 2.20. The number of hydrogen-bond acceptors (Lipinski definition) is 5. The predicted octanol–water partition coefficient (Wildman–Crippen LogP) is 2.82. The van der Waals surface area contributed by atoms with Crippen LogP contribution in [0.2, 0.25) is 0 Å². The van der Waals surface area contributed by atoms with Crippen LogP contribution < -0.4 is 0 Å². The van der Waals surface area contributed by atoms with Crippen molar-refractivity contribution in [2.24, 2.45) is 0 Å². The Morgan fingerprint density at radius 3 is 2.96 bits per heavy atom. The number of fused-ring (bicyclic) bond motifs is 1. The van der Waals surface area contributed by atoms with Crippen LogP contribution in [0.15, 0.2) is 35.2 Å². The van der Waals surface area contributed by atoms with Gasteiger partial charge in [0.15, 0.2) is 11.6 Å². The summed E-state index contributed by atoms with van der Waals surface area (Å²) in [7, 11) is 0. The summed E-state index contributed by atoms with van der Waals surface area (Å²) >= 11 is 0. The first-order valence-electron chi connectivity index (χ1n) is 8.37. The molecule has 0 N–H and O–H groups in total. The minimum absolute atomic E-state index is 0.673. The molecule has 0 saturated carbocycles. The van der Waals surface area contributed by atoms with Crippen molar-refractivity contribution in [3.05, 3.63) is 53.3 Å². The molecule has 0 atom stereocenters. The summed E-state index contributed by atoms with van der Waals surface area (Å²) < 4.78 is 7.44. The zero-order chi connectivity index (χ0) is 16.5. The monoisotopic (exact) mass is 323 g/mol. The number of hydrogen-bond donors (Lipinski definition) is 0. The summed E-state index contributed by atoms with van der Waals surface area (Å²) in [5.74, 6) is 1.40. The molecule has 1 aliphatic heterocycles. The summed E-state index contributed by atoms with van der Waals surface area (Å²) in [4.78, 5) is 11.6. The molecule has 0 spiro atoms. The lowest BCUT2D eigenvalue weighted by molar-refractivity contribution is 0.242. The Kier molecular flexibility index (Phi) is 3.90. The third-order valence-corrected chi connectivity index (χ3v) is 4.65. The first-order valence-corrected chi connectivity index (χ1v) is 8.37. The van der Waals surface area contributed by atoms with Gasteiger partial charge in [0.2, 0.25) is 0 Å². The molecule has 0 amide bonds. The van der Waals surface area contributed by atoms with E-state index in [1.54, 1.807) is 6.26 Å². The minimum atomic E-state index is 0.673. The lowest BCUT2D eigenvalue weighted by Gasteiger charge is -2.27. The lowest BCUT2D eigenvalue weighted by Crippen LogP contribution is -2.31. The number of furan rings is 1. The van der Waals surface area contributed by atoms with Crippen LogP contribution in [-0.2, 0) is 26.1 Å². The largest absolute Gasteiger partial charge is 0.461 e. The summed E-state index contributed by atoms with van der Waals surface area (Å²) in [6, 6.07) is 3.75. The molecule has 0 aromatic carbocycles. The van der Waals surface area contributed by atoms with E-state index in [1.807, 2.05) is 29.2 Å². The molecule has 6 nitrogen and oxygen atoms in total. The topological polar surface area (TPSA) is 60.0 Å². The molecule has 6 heteroatoms. The van der Waals surface area contributed by atoms with Crippen LogP contribution in [0.1, 0.15) is 29.4 Å². The molecular weight excluding hydrogens is 302 g/mol. The van der Waals surface area contributed by atoms with E-state index in [1.165, 1.54) is 16.8 Å². The second kappa shape index (κ2) is 6.20. The van der Waals surface area contributed by atoms with Crippen molar-refractivity contribution in [2.75, 3.05) is 6.54 Å². The fourth-order valence-corrected chi connectivity index (χ4v) is 3.23. The highest BCUT2D eigenvalue weighted by atomic mass is 16.3. The normalized spacial score (nSPS) is 14.8. The molecule has 4 heterocycles. The number of nitrogens with zero attached hydrogens (tertiary/aromatic N) is 5. The molecule has 0 bridgehead atoms. The smallest absolute Gasteiger partial charge is 0.195 e. The van der Waals surface area contributed by atoms with Crippen LogP contribution in [0.5, 0.6) is 0 Å². The van der Waals surface area contributed by atoms with Gasteiger partial charge in [0.25, 0.3) is 0 Å². The van der Waals surface area contributed by atoms with E-state index in [4.69, 9.17) is 4.42 Å². The fraction of sp³-hybridized carbons (Fsp3) is 0.389. The maximum Gasteiger partial charge on any atom is 0.195 e. The van der Waals surface area contributed by atoms with E-state index in [0.717, 1.165) is 44.1 Å². The van der Waals surface area contributed by atoms with Gasteiger partial charge < -0.3 is 4.42 Å². The maximum absolute atomic E-state index is 5.39. The van der Waals surface area contributed by atoms with Crippen molar-refractivity contribution in [1.29, 1.82) is 0 Å². The molecule has 0 radical (unpaired) electrons. The minimum Gasteiger partial charge on any atom is -0.461 e. The average Bonchev–Trinajstić information content (AvgIpc) is 3.25. The zero-order valence-electron chi connectivity index (χ0n) is 14.1. The van der Waals surface area contributed by atoms with Gasteiger partial charge in [-0.25, -0.2) is 9.97 Å². The van der Waals surface area contributed by atoms with Gasteiger partial charge >= 0.3 is 0 Å². The molecular formula is C18H21N5O. The Hall–Kier alpha value is -2.47. The third kappa shape index (κ3) is 2.73. The molecule has 0 aliphatic carbocycles. The van der Waals surface area contributed by atoms with Gasteiger partial charge in [0, 0.05) is 55.6 Å². The molecule has 3 aromatic rings. The predicted molar refractivity (Wildman–Crippen MR) is 90.2 cm³/mol. The highest BCUT2D eigenvalue weighted by molar-refractivity contribution is 5.46. The molecule has 1 aliphatic rings. The van der Waals surface area contributed by atoms with Gasteiger partial charge in [-0.1, -0.05) is 0 Å². The Morgan fingerprint density at radius 2 is 2.21 bits per heavy atom. The third-order valence-electron chi connectivity index (χ3n) is 4.65. The quantitative estimate of drug-likeness (QED) is 0.739. The molecule has 124 valence electrons. The van der Waals surface area contributed by atoms with Gasteiger partial charge in [0.05, 0.1) is 18.2 Å². The molecule has 0 fully saturated rings. The Balaban J connectivity index is 1.50. The van der Waals surface area contributed by atoms with Gasteiger partial charge in [-0.3, -0.25) is 9.58 Å². The van der Waals surface area contributed by atoms with E-state index in [9.17, 15) is 0 Å². The van der Waals surface area contributed by atoms with Gasteiger partial charge in [0.1, 0.15) is 0 Å². The number of aryl methyl sites for hydroxylation is 1. The highest BCUT2D eigenvalue weighted by Crippen LogP contribution is 2.22. The molecule has 0 unspecified atom stereocenters. The van der Waals surface area contributed by atoms with Crippen LogP contribution in [0, 0.1) is 6.92 Å². The van der Waals surface area contributed by atoms with E-state index in [0.29, 0.717) is 5.82 Å². The van der Waals surface area contributed by atoms with E-state index in [2.05, 4.69) is 33.8 Å². The lowest BCUT2D eigenvalue weighted by atomic mass is 10.1. The van der Waals surface area contributed by atoms with Crippen LogP contribution >= 0.6 is 0 Å². The van der Waals surface area contributed by atoms with E-state index >= 15 is 0 Å². The van der Waals surface area contributed by atoms with Crippen molar-refractivity contribution in [3.63, 3.8) is 0 Å². The molecule has 24 heavy (non-hydrogen) atoms. The van der Waals surface area contributed by atoms with Crippen molar-refractivity contribution >= 4 is 0 Å². The van der Waals surface area contributed by atoms with Gasteiger partial charge in [-0.2, -0.15) is 5.10 Å². The molecule has 3 aromatic heterocycles. The van der Waals surface area contributed by atoms with Gasteiger partial charge in [-0.05, 0) is 26.0 Å². The first-order chi connectivity index (χ1) is 11.7. The zero-order valence-corrected chi connectivity index (χ0v) is 14.1.